The van der Waals surface area contributed by atoms with E-state index in [0.29, 0.717) is 49.0 Å². The molecule has 3 fully saturated rings. The molecular formula is C30H38N4O4S. The normalized spacial score (nSPS) is 25.3. The number of hydrogen-bond donors (Lipinski definition) is 1. The summed E-state index contributed by atoms with van der Waals surface area (Å²) in [6, 6.07) is 17.3. The van der Waals surface area contributed by atoms with Crippen molar-refractivity contribution in [2.75, 3.05) is 25.9 Å². The minimum absolute atomic E-state index is 0.236. The molecule has 6 rings (SSSR count). The number of piperidine rings is 2. The van der Waals surface area contributed by atoms with Gasteiger partial charge in [-0.2, -0.15) is 0 Å². The third-order valence-corrected chi connectivity index (χ3v) is 10.8. The molecule has 2 bridgehead atoms. The summed E-state index contributed by atoms with van der Waals surface area (Å²) in [4.78, 5) is 21.0. The number of sulfone groups is 1. The minimum Gasteiger partial charge on any atom is -0.465 e. The van der Waals surface area contributed by atoms with Gasteiger partial charge in [-0.3, -0.25) is 4.90 Å². The Morgan fingerprint density at radius 1 is 1.03 bits per heavy atom. The standard InChI is InChI=1S/C30H38N4O4S/c1-21-31-27-8-3-4-9-28(27)34(21)25-19-23-10-11-24(20-25)33(23)17-14-30(12-15-32(16-13-30)29(35)36)22-6-5-7-26(18-22)39(2,37)38/h3-9,18,23-25H,10-17,19-20H2,1-2H3,(H,35,36). The van der Waals surface area contributed by atoms with Crippen LogP contribution < -0.4 is 0 Å². The summed E-state index contributed by atoms with van der Waals surface area (Å²) >= 11 is 0. The van der Waals surface area contributed by atoms with E-state index in [1.165, 1.54) is 29.5 Å². The van der Waals surface area contributed by atoms with E-state index in [-0.39, 0.29) is 5.41 Å². The molecule has 0 saturated carbocycles. The Morgan fingerprint density at radius 3 is 2.38 bits per heavy atom. The number of carbonyl (C=O) groups is 1. The third kappa shape index (κ3) is 4.84. The second-order valence-electron chi connectivity index (χ2n) is 11.9. The van der Waals surface area contributed by atoms with Crippen LogP contribution in [0.2, 0.25) is 0 Å². The van der Waals surface area contributed by atoms with Gasteiger partial charge in [0.05, 0.1) is 15.9 Å². The van der Waals surface area contributed by atoms with E-state index in [1.807, 2.05) is 24.3 Å². The van der Waals surface area contributed by atoms with Crippen LogP contribution in [0.1, 0.15) is 62.4 Å². The lowest BCUT2D eigenvalue weighted by atomic mass is 9.70. The molecule has 1 amide bonds. The predicted molar refractivity (Wildman–Crippen MR) is 151 cm³/mol. The van der Waals surface area contributed by atoms with Gasteiger partial charge >= 0.3 is 6.09 Å². The summed E-state index contributed by atoms with van der Waals surface area (Å²) < 4.78 is 27.1. The second-order valence-corrected chi connectivity index (χ2v) is 13.9. The first-order valence-electron chi connectivity index (χ1n) is 14.1. The lowest BCUT2D eigenvalue weighted by Crippen LogP contribution is -2.49. The highest BCUT2D eigenvalue weighted by atomic mass is 32.2. The largest absolute Gasteiger partial charge is 0.465 e. The zero-order valence-electron chi connectivity index (χ0n) is 22.8. The molecule has 39 heavy (non-hydrogen) atoms. The summed E-state index contributed by atoms with van der Waals surface area (Å²) in [5.41, 5.74) is 3.08. The van der Waals surface area contributed by atoms with Crippen molar-refractivity contribution in [3.8, 4) is 0 Å². The van der Waals surface area contributed by atoms with Gasteiger partial charge in [0.2, 0.25) is 0 Å². The van der Waals surface area contributed by atoms with Gasteiger partial charge < -0.3 is 14.6 Å². The van der Waals surface area contributed by atoms with Crippen molar-refractivity contribution in [3.63, 3.8) is 0 Å². The molecule has 9 heteroatoms. The highest BCUT2D eigenvalue weighted by Crippen LogP contribution is 2.45. The molecule has 0 spiro atoms. The fourth-order valence-electron chi connectivity index (χ4n) is 7.66. The number of fused-ring (bicyclic) bond motifs is 3. The highest BCUT2D eigenvalue weighted by Gasteiger charge is 2.44. The first-order valence-corrected chi connectivity index (χ1v) is 16.0. The zero-order valence-corrected chi connectivity index (χ0v) is 23.6. The van der Waals surface area contributed by atoms with Crippen LogP contribution in [0.4, 0.5) is 4.79 Å². The van der Waals surface area contributed by atoms with E-state index in [2.05, 4.69) is 34.6 Å². The molecule has 3 aliphatic heterocycles. The molecule has 2 unspecified atom stereocenters. The highest BCUT2D eigenvalue weighted by molar-refractivity contribution is 7.90. The van der Waals surface area contributed by atoms with Crippen LogP contribution in [0.15, 0.2) is 53.4 Å². The quantitative estimate of drug-likeness (QED) is 0.463. The number of amides is 1. The van der Waals surface area contributed by atoms with E-state index in [1.54, 1.807) is 6.07 Å². The number of aryl methyl sites for hydroxylation is 1. The van der Waals surface area contributed by atoms with E-state index in [0.717, 1.165) is 42.7 Å². The molecule has 0 aliphatic carbocycles. The maximum absolute atomic E-state index is 12.3. The average molecular weight is 551 g/mol. The number of carboxylic acid groups (broad SMARTS) is 1. The Bertz CT molecular complexity index is 1480. The van der Waals surface area contributed by atoms with Crippen molar-refractivity contribution < 1.29 is 18.3 Å². The van der Waals surface area contributed by atoms with Crippen molar-refractivity contribution >= 4 is 27.0 Å². The summed E-state index contributed by atoms with van der Waals surface area (Å²) in [5, 5.41) is 9.56. The van der Waals surface area contributed by atoms with Crippen LogP contribution in [0.3, 0.4) is 0 Å². The van der Waals surface area contributed by atoms with Crippen molar-refractivity contribution in [2.24, 2.45) is 0 Å². The van der Waals surface area contributed by atoms with E-state index in [4.69, 9.17) is 4.98 Å². The number of hydrogen-bond acceptors (Lipinski definition) is 5. The first-order chi connectivity index (χ1) is 18.6. The smallest absolute Gasteiger partial charge is 0.407 e. The molecule has 1 aromatic heterocycles. The Morgan fingerprint density at radius 2 is 1.72 bits per heavy atom. The number of likely N-dealkylation sites (tertiary alicyclic amines) is 1. The number of aromatic nitrogens is 2. The van der Waals surface area contributed by atoms with Gasteiger partial charge in [-0.15, -0.1) is 0 Å². The molecule has 2 aromatic carbocycles. The van der Waals surface area contributed by atoms with Crippen LogP contribution in [0, 0.1) is 6.92 Å². The van der Waals surface area contributed by atoms with Gasteiger partial charge in [0.15, 0.2) is 9.84 Å². The Labute approximate surface area is 230 Å². The lowest BCUT2D eigenvalue weighted by molar-refractivity contribution is 0.0799. The molecule has 3 aliphatic rings. The lowest BCUT2D eigenvalue weighted by Gasteiger charge is -2.45. The van der Waals surface area contributed by atoms with Gasteiger partial charge in [-0.05, 0) is 93.7 Å². The van der Waals surface area contributed by atoms with Crippen molar-refractivity contribution in [1.82, 2.24) is 19.4 Å². The number of para-hydroxylation sites is 2. The van der Waals surface area contributed by atoms with Crippen LogP contribution in [-0.4, -0.2) is 76.9 Å². The third-order valence-electron chi connectivity index (χ3n) is 9.71. The molecule has 4 heterocycles. The van der Waals surface area contributed by atoms with E-state index < -0.39 is 15.9 Å². The van der Waals surface area contributed by atoms with Gasteiger partial charge in [0.1, 0.15) is 5.82 Å². The number of imidazole rings is 1. The Kier molecular flexibility index (Phi) is 6.70. The number of rotatable bonds is 6. The van der Waals surface area contributed by atoms with Crippen LogP contribution in [0.25, 0.3) is 11.0 Å². The van der Waals surface area contributed by atoms with Crippen molar-refractivity contribution in [2.45, 2.75) is 80.3 Å². The monoisotopic (exact) mass is 550 g/mol. The van der Waals surface area contributed by atoms with Gasteiger partial charge in [0, 0.05) is 37.5 Å². The Balaban J connectivity index is 1.23. The van der Waals surface area contributed by atoms with Crippen LogP contribution in [-0.2, 0) is 15.3 Å². The maximum Gasteiger partial charge on any atom is 0.407 e. The van der Waals surface area contributed by atoms with Gasteiger partial charge in [0.25, 0.3) is 0 Å². The number of benzene rings is 2. The number of nitrogens with zero attached hydrogens (tertiary/aromatic N) is 4. The van der Waals surface area contributed by atoms with Crippen molar-refractivity contribution in [1.29, 1.82) is 0 Å². The minimum atomic E-state index is -3.33. The van der Waals surface area contributed by atoms with Crippen molar-refractivity contribution in [3.05, 3.63) is 59.9 Å². The van der Waals surface area contributed by atoms with E-state index in [9.17, 15) is 18.3 Å². The topological polar surface area (TPSA) is 95.7 Å². The molecule has 3 saturated heterocycles. The SMILES string of the molecule is Cc1nc2ccccc2n1C1CC2CCC(C1)N2CCC1(c2cccc(S(C)(=O)=O)c2)CCN(C(=O)O)CC1. The fraction of sp³-hybridized carbons (Fsp3) is 0.533. The van der Waals surface area contributed by atoms with Crippen LogP contribution in [0.5, 0.6) is 0 Å². The maximum atomic E-state index is 12.3. The molecular weight excluding hydrogens is 512 g/mol. The average Bonchev–Trinajstić information content (AvgIpc) is 3.37. The van der Waals surface area contributed by atoms with Gasteiger partial charge in [-0.25, -0.2) is 18.2 Å². The molecule has 0 radical (unpaired) electrons. The molecule has 2 atom stereocenters. The second kappa shape index (κ2) is 9.93. The summed E-state index contributed by atoms with van der Waals surface area (Å²) in [5.74, 6) is 1.09. The predicted octanol–water partition coefficient (Wildman–Crippen LogP) is 5.02. The zero-order chi connectivity index (χ0) is 27.4. The Hall–Kier alpha value is -2.91. The molecule has 208 valence electrons. The summed E-state index contributed by atoms with van der Waals surface area (Å²) in [7, 11) is -3.33. The fourth-order valence-corrected chi connectivity index (χ4v) is 8.32. The van der Waals surface area contributed by atoms with E-state index >= 15 is 0 Å². The first kappa shape index (κ1) is 26.3. The molecule has 1 N–H and O–H groups in total. The van der Waals surface area contributed by atoms with Gasteiger partial charge in [-0.1, -0.05) is 24.3 Å². The summed E-state index contributed by atoms with van der Waals surface area (Å²) in [6.45, 7) is 4.01. The molecule has 8 nitrogen and oxygen atoms in total. The van der Waals surface area contributed by atoms with Crippen LogP contribution >= 0.6 is 0 Å². The summed E-state index contributed by atoms with van der Waals surface area (Å²) in [6.07, 6.45) is 7.32. The molecule has 3 aromatic rings.